The first kappa shape index (κ1) is 25.2. The maximum Gasteiger partial charge on any atom is 0.322 e. The molecule has 1 N–H and O–H groups in total. The van der Waals surface area contributed by atoms with Gasteiger partial charge in [-0.3, -0.25) is 10.1 Å². The van der Waals surface area contributed by atoms with Crippen LogP contribution in [0.2, 0.25) is 0 Å². The predicted molar refractivity (Wildman–Crippen MR) is 127 cm³/mol. The molecule has 0 aliphatic heterocycles. The van der Waals surface area contributed by atoms with Gasteiger partial charge in [-0.15, -0.1) is 5.10 Å². The lowest BCUT2D eigenvalue weighted by Crippen LogP contribution is -2.30. The van der Waals surface area contributed by atoms with Gasteiger partial charge >= 0.3 is 6.01 Å². The first-order valence-electron chi connectivity index (χ1n) is 11.0. The molecular formula is C23H28N4O6S. The monoisotopic (exact) mass is 488 g/mol. The molecule has 182 valence electrons. The van der Waals surface area contributed by atoms with Crippen molar-refractivity contribution < 1.29 is 27.1 Å². The number of hydrogen-bond acceptors (Lipinski definition) is 8. The molecule has 34 heavy (non-hydrogen) atoms. The van der Waals surface area contributed by atoms with Crippen molar-refractivity contribution in [3.63, 3.8) is 0 Å². The molecule has 1 aromatic heterocycles. The van der Waals surface area contributed by atoms with Gasteiger partial charge in [0.05, 0.1) is 18.1 Å². The molecule has 2 aromatic carbocycles. The minimum Gasteiger partial charge on any atom is -0.490 e. The number of nitrogens with one attached hydrogen (secondary N) is 1. The second kappa shape index (κ2) is 11.1. The summed E-state index contributed by atoms with van der Waals surface area (Å²) in [5, 5.41) is 10.4. The lowest BCUT2D eigenvalue weighted by atomic mass is 10.2. The SMILES string of the molecule is CCOc1ccc(-c2nnc(NC(=O)c3ccc(S(=O)(=O)N(CC)CC)cc3)o2)cc1OCC. The first-order chi connectivity index (χ1) is 16.3. The van der Waals surface area contributed by atoms with Crippen LogP contribution >= 0.6 is 0 Å². The van der Waals surface area contributed by atoms with Crippen molar-refractivity contribution in [1.82, 2.24) is 14.5 Å². The van der Waals surface area contributed by atoms with Crippen LogP contribution < -0.4 is 14.8 Å². The van der Waals surface area contributed by atoms with Crippen molar-refractivity contribution in [3.8, 4) is 23.0 Å². The molecule has 1 heterocycles. The minimum atomic E-state index is -3.60. The van der Waals surface area contributed by atoms with Crippen LogP contribution in [0, 0.1) is 0 Å². The normalized spacial score (nSPS) is 11.4. The molecule has 3 rings (SSSR count). The van der Waals surface area contributed by atoms with Crippen LogP contribution in [0.15, 0.2) is 51.8 Å². The highest BCUT2D eigenvalue weighted by molar-refractivity contribution is 7.89. The van der Waals surface area contributed by atoms with Gasteiger partial charge in [-0.2, -0.15) is 4.31 Å². The Morgan fingerprint density at radius 1 is 0.941 bits per heavy atom. The van der Waals surface area contributed by atoms with E-state index in [-0.39, 0.29) is 22.4 Å². The van der Waals surface area contributed by atoms with E-state index in [0.717, 1.165) is 0 Å². The standard InChI is InChI=1S/C23H28N4O6S/c1-5-27(6-2)34(29,30)18-12-9-16(10-13-18)21(28)24-23-26-25-22(33-23)17-11-14-19(31-7-3)20(15-17)32-8-4/h9-15H,5-8H2,1-4H3,(H,24,26,28). The highest BCUT2D eigenvalue weighted by atomic mass is 32.2. The van der Waals surface area contributed by atoms with Crippen molar-refractivity contribution in [2.45, 2.75) is 32.6 Å². The van der Waals surface area contributed by atoms with E-state index in [1.807, 2.05) is 13.8 Å². The third kappa shape index (κ3) is 5.54. The number of anilines is 1. The smallest absolute Gasteiger partial charge is 0.322 e. The van der Waals surface area contributed by atoms with E-state index in [1.54, 1.807) is 32.0 Å². The Bertz CT molecular complexity index is 1220. The maximum absolute atomic E-state index is 12.6. The largest absolute Gasteiger partial charge is 0.490 e. The quantitative estimate of drug-likeness (QED) is 0.432. The van der Waals surface area contributed by atoms with Crippen molar-refractivity contribution in [1.29, 1.82) is 0 Å². The molecule has 0 spiro atoms. The van der Waals surface area contributed by atoms with Gasteiger partial charge in [-0.05, 0) is 56.3 Å². The van der Waals surface area contributed by atoms with Crippen molar-refractivity contribution in [2.75, 3.05) is 31.6 Å². The number of carbonyl (C=O) groups excluding carboxylic acids is 1. The summed E-state index contributed by atoms with van der Waals surface area (Å²) >= 11 is 0. The number of sulfonamides is 1. The molecule has 0 radical (unpaired) electrons. The Morgan fingerprint density at radius 2 is 1.59 bits per heavy atom. The fraction of sp³-hybridized carbons (Fsp3) is 0.348. The van der Waals surface area contributed by atoms with Crippen LogP contribution in [0.4, 0.5) is 6.01 Å². The summed E-state index contributed by atoms with van der Waals surface area (Å²) in [6.45, 7) is 8.98. The summed E-state index contributed by atoms with van der Waals surface area (Å²) in [6.07, 6.45) is 0. The minimum absolute atomic E-state index is 0.0910. The topological polar surface area (TPSA) is 124 Å². The van der Waals surface area contributed by atoms with Crippen LogP contribution in [0.25, 0.3) is 11.5 Å². The van der Waals surface area contributed by atoms with Crippen LogP contribution in [-0.4, -0.2) is 55.1 Å². The molecule has 0 unspecified atom stereocenters. The molecule has 0 bridgehead atoms. The van der Waals surface area contributed by atoms with Gasteiger partial charge in [-0.1, -0.05) is 18.9 Å². The Kier molecular flexibility index (Phi) is 8.24. The van der Waals surface area contributed by atoms with Gasteiger partial charge in [0, 0.05) is 24.2 Å². The van der Waals surface area contributed by atoms with Crippen molar-refractivity contribution >= 4 is 21.9 Å². The van der Waals surface area contributed by atoms with Gasteiger partial charge < -0.3 is 13.9 Å². The highest BCUT2D eigenvalue weighted by Gasteiger charge is 2.22. The first-order valence-corrected chi connectivity index (χ1v) is 12.4. The van der Waals surface area contributed by atoms with Crippen LogP contribution in [0.1, 0.15) is 38.1 Å². The number of nitrogens with zero attached hydrogens (tertiary/aromatic N) is 3. The van der Waals surface area contributed by atoms with Crippen LogP contribution in [0.3, 0.4) is 0 Å². The molecule has 10 nitrogen and oxygen atoms in total. The van der Waals surface area contributed by atoms with Gasteiger partial charge in [0.2, 0.25) is 15.9 Å². The zero-order chi connectivity index (χ0) is 24.7. The molecule has 0 saturated carbocycles. The van der Waals surface area contributed by atoms with Crippen LogP contribution in [0.5, 0.6) is 11.5 Å². The van der Waals surface area contributed by atoms with Gasteiger partial charge in [0.1, 0.15) is 0 Å². The molecule has 0 aliphatic carbocycles. The van der Waals surface area contributed by atoms with Gasteiger partial charge in [-0.25, -0.2) is 8.42 Å². The average molecular weight is 489 g/mol. The Hall–Kier alpha value is -3.44. The average Bonchev–Trinajstić information content (AvgIpc) is 3.29. The number of carbonyl (C=O) groups is 1. The molecule has 0 atom stereocenters. The lowest BCUT2D eigenvalue weighted by molar-refractivity contribution is 0.102. The molecule has 0 aliphatic rings. The van der Waals surface area contributed by atoms with Gasteiger partial charge in [0.15, 0.2) is 11.5 Å². The second-order valence-corrected chi connectivity index (χ2v) is 8.95. The zero-order valence-corrected chi connectivity index (χ0v) is 20.4. The molecule has 0 saturated heterocycles. The molecule has 1 amide bonds. The van der Waals surface area contributed by atoms with Crippen molar-refractivity contribution in [2.24, 2.45) is 0 Å². The number of benzene rings is 2. The van der Waals surface area contributed by atoms with Crippen molar-refractivity contribution in [3.05, 3.63) is 48.0 Å². The fourth-order valence-electron chi connectivity index (χ4n) is 3.23. The number of hydrogen-bond donors (Lipinski definition) is 1. The van der Waals surface area contributed by atoms with E-state index in [1.165, 1.54) is 28.6 Å². The van der Waals surface area contributed by atoms with E-state index >= 15 is 0 Å². The third-order valence-corrected chi connectivity index (χ3v) is 6.96. The number of aromatic nitrogens is 2. The Balaban J connectivity index is 1.74. The van der Waals surface area contributed by atoms with E-state index in [0.29, 0.717) is 43.4 Å². The number of rotatable bonds is 11. The maximum atomic E-state index is 12.6. The fourth-order valence-corrected chi connectivity index (χ4v) is 4.69. The summed E-state index contributed by atoms with van der Waals surface area (Å²) in [6, 6.07) is 10.8. The summed E-state index contributed by atoms with van der Waals surface area (Å²) in [4.78, 5) is 12.7. The predicted octanol–water partition coefficient (Wildman–Crippen LogP) is 3.82. The summed E-state index contributed by atoms with van der Waals surface area (Å²) in [5.41, 5.74) is 0.851. The van der Waals surface area contributed by atoms with Crippen LogP contribution in [-0.2, 0) is 10.0 Å². The van der Waals surface area contributed by atoms with E-state index in [9.17, 15) is 13.2 Å². The summed E-state index contributed by atoms with van der Waals surface area (Å²) < 4.78 is 43.3. The highest BCUT2D eigenvalue weighted by Crippen LogP contribution is 2.33. The van der Waals surface area contributed by atoms with Gasteiger partial charge in [0.25, 0.3) is 5.91 Å². The van der Waals surface area contributed by atoms with E-state index in [2.05, 4.69) is 15.5 Å². The summed E-state index contributed by atoms with van der Waals surface area (Å²) in [7, 11) is -3.60. The Morgan fingerprint density at radius 3 is 2.21 bits per heavy atom. The number of amides is 1. The third-order valence-electron chi connectivity index (χ3n) is 4.90. The molecule has 0 fully saturated rings. The second-order valence-electron chi connectivity index (χ2n) is 7.01. The van der Waals surface area contributed by atoms with E-state index < -0.39 is 15.9 Å². The Labute approximate surface area is 198 Å². The lowest BCUT2D eigenvalue weighted by Gasteiger charge is -2.18. The zero-order valence-electron chi connectivity index (χ0n) is 19.6. The summed E-state index contributed by atoms with van der Waals surface area (Å²) in [5.74, 6) is 0.835. The molecule has 11 heteroatoms. The number of ether oxygens (including phenoxy) is 2. The molecule has 3 aromatic rings. The molecular weight excluding hydrogens is 460 g/mol. The van der Waals surface area contributed by atoms with E-state index in [4.69, 9.17) is 13.9 Å².